The van der Waals surface area contributed by atoms with Gasteiger partial charge in [-0.3, -0.25) is 0 Å². The molecule has 1 aliphatic carbocycles. The second-order valence-corrected chi connectivity index (χ2v) is 5.12. The van der Waals surface area contributed by atoms with Gasteiger partial charge in [0, 0.05) is 6.61 Å². The molecule has 0 unspecified atom stereocenters. The van der Waals surface area contributed by atoms with E-state index in [1.54, 1.807) is 7.11 Å². The predicted molar refractivity (Wildman–Crippen MR) is 69.2 cm³/mol. The molecule has 1 aromatic rings. The molecular formula is C15H22O2. The van der Waals surface area contributed by atoms with E-state index in [4.69, 9.17) is 9.84 Å². The molecule has 2 rings (SSSR count). The Hall–Kier alpha value is -1.02. The van der Waals surface area contributed by atoms with Crippen molar-refractivity contribution in [3.05, 3.63) is 29.8 Å². The van der Waals surface area contributed by atoms with Crippen molar-refractivity contribution >= 4 is 0 Å². The fourth-order valence-corrected chi connectivity index (χ4v) is 2.71. The topological polar surface area (TPSA) is 29.5 Å². The van der Waals surface area contributed by atoms with E-state index < -0.39 is 0 Å². The van der Waals surface area contributed by atoms with Crippen molar-refractivity contribution in [2.75, 3.05) is 13.7 Å². The molecule has 1 fully saturated rings. The molecule has 17 heavy (non-hydrogen) atoms. The monoisotopic (exact) mass is 234 g/mol. The van der Waals surface area contributed by atoms with Crippen LogP contribution >= 0.6 is 0 Å². The van der Waals surface area contributed by atoms with E-state index in [1.165, 1.54) is 37.7 Å². The summed E-state index contributed by atoms with van der Waals surface area (Å²) in [5.74, 6) is 2.28. The summed E-state index contributed by atoms with van der Waals surface area (Å²) in [7, 11) is 1.70. The van der Waals surface area contributed by atoms with Crippen molar-refractivity contribution < 1.29 is 9.84 Å². The molecule has 1 saturated carbocycles. The third kappa shape index (κ3) is 3.47. The first kappa shape index (κ1) is 12.4. The lowest BCUT2D eigenvalue weighted by Crippen LogP contribution is -2.18. The number of rotatable bonds is 4. The lowest BCUT2D eigenvalue weighted by Gasteiger charge is -2.27. The van der Waals surface area contributed by atoms with Crippen LogP contribution in [0.25, 0.3) is 0 Å². The van der Waals surface area contributed by atoms with Crippen LogP contribution in [0.15, 0.2) is 24.3 Å². The Morgan fingerprint density at radius 3 is 2.18 bits per heavy atom. The number of hydrogen-bond acceptors (Lipinski definition) is 2. The summed E-state index contributed by atoms with van der Waals surface area (Å²) in [4.78, 5) is 0. The molecule has 0 saturated heterocycles. The first-order chi connectivity index (χ1) is 8.31. The van der Waals surface area contributed by atoms with Crippen molar-refractivity contribution in [3.63, 3.8) is 0 Å². The van der Waals surface area contributed by atoms with Crippen LogP contribution in [0.3, 0.4) is 0 Å². The molecule has 1 aromatic carbocycles. The van der Waals surface area contributed by atoms with Crippen LogP contribution in [0, 0.1) is 11.8 Å². The molecule has 2 nitrogen and oxygen atoms in total. The van der Waals surface area contributed by atoms with Crippen molar-refractivity contribution in [2.45, 2.75) is 32.1 Å². The molecule has 0 aromatic heterocycles. The Bertz CT molecular complexity index is 323. The molecule has 0 spiro atoms. The fraction of sp³-hybridized carbons (Fsp3) is 0.600. The van der Waals surface area contributed by atoms with Gasteiger partial charge in [0.2, 0.25) is 0 Å². The van der Waals surface area contributed by atoms with Gasteiger partial charge in [0.25, 0.3) is 0 Å². The second-order valence-electron chi connectivity index (χ2n) is 5.12. The summed E-state index contributed by atoms with van der Waals surface area (Å²) in [6, 6.07) is 8.40. The molecule has 1 aliphatic rings. The van der Waals surface area contributed by atoms with Crippen LogP contribution in [0.1, 0.15) is 31.2 Å². The van der Waals surface area contributed by atoms with Crippen LogP contribution in [0.2, 0.25) is 0 Å². The van der Waals surface area contributed by atoms with E-state index in [0.29, 0.717) is 12.5 Å². The normalized spacial score (nSPS) is 24.6. The van der Waals surface area contributed by atoms with Crippen molar-refractivity contribution in [1.82, 2.24) is 0 Å². The third-order valence-electron chi connectivity index (χ3n) is 3.91. The first-order valence-electron chi connectivity index (χ1n) is 6.55. The number of methoxy groups -OCH3 is 1. The zero-order chi connectivity index (χ0) is 12.1. The molecule has 0 aliphatic heterocycles. The largest absolute Gasteiger partial charge is 0.497 e. The summed E-state index contributed by atoms with van der Waals surface area (Å²) in [6.07, 6.45) is 6.07. The van der Waals surface area contributed by atoms with Crippen LogP contribution in [-0.2, 0) is 6.42 Å². The second kappa shape index (κ2) is 6.06. The summed E-state index contributed by atoms with van der Waals surface area (Å²) in [5, 5.41) is 9.11. The molecule has 1 N–H and O–H groups in total. The van der Waals surface area contributed by atoms with E-state index in [0.717, 1.165) is 11.7 Å². The fourth-order valence-electron chi connectivity index (χ4n) is 2.71. The number of ether oxygens (including phenoxy) is 1. The molecule has 0 bridgehead atoms. The van der Waals surface area contributed by atoms with Gasteiger partial charge in [-0.25, -0.2) is 0 Å². The summed E-state index contributed by atoms with van der Waals surface area (Å²) in [6.45, 7) is 0.370. The van der Waals surface area contributed by atoms with Gasteiger partial charge in [-0.2, -0.15) is 0 Å². The zero-order valence-electron chi connectivity index (χ0n) is 10.6. The number of aliphatic hydroxyl groups excluding tert-OH is 1. The molecule has 0 atom stereocenters. The molecule has 2 heteroatoms. The SMILES string of the molecule is COc1ccc(C[C@H]2CC[C@@H](CO)CC2)cc1. The summed E-state index contributed by atoms with van der Waals surface area (Å²) < 4.78 is 5.16. The minimum Gasteiger partial charge on any atom is -0.497 e. The van der Waals surface area contributed by atoms with Gasteiger partial charge in [-0.15, -0.1) is 0 Å². The average molecular weight is 234 g/mol. The van der Waals surface area contributed by atoms with Gasteiger partial charge in [-0.05, 0) is 61.6 Å². The predicted octanol–water partition coefficient (Wildman–Crippen LogP) is 3.04. The number of benzene rings is 1. The Balaban J connectivity index is 1.84. The van der Waals surface area contributed by atoms with Gasteiger partial charge in [0.05, 0.1) is 7.11 Å². The standard InChI is InChI=1S/C15H22O2/c1-17-15-8-6-13(7-9-15)10-12-2-4-14(11-16)5-3-12/h6-9,12,14,16H,2-5,10-11H2,1H3/t12-,14+. The Morgan fingerprint density at radius 2 is 1.65 bits per heavy atom. The number of hydrogen-bond donors (Lipinski definition) is 1. The molecule has 0 radical (unpaired) electrons. The molecule has 94 valence electrons. The summed E-state index contributed by atoms with van der Waals surface area (Å²) in [5.41, 5.74) is 1.40. The van der Waals surface area contributed by atoms with Gasteiger partial charge in [-0.1, -0.05) is 12.1 Å². The van der Waals surface area contributed by atoms with Crippen molar-refractivity contribution in [3.8, 4) is 5.75 Å². The highest BCUT2D eigenvalue weighted by Crippen LogP contribution is 2.30. The first-order valence-corrected chi connectivity index (χ1v) is 6.55. The molecular weight excluding hydrogens is 212 g/mol. The van der Waals surface area contributed by atoms with Crippen LogP contribution < -0.4 is 4.74 Å². The molecule has 0 heterocycles. The molecule has 0 amide bonds. The Labute approximate surface area is 104 Å². The van der Waals surface area contributed by atoms with Gasteiger partial charge >= 0.3 is 0 Å². The van der Waals surface area contributed by atoms with E-state index in [-0.39, 0.29) is 0 Å². The summed E-state index contributed by atoms with van der Waals surface area (Å²) >= 11 is 0. The number of aliphatic hydroxyl groups is 1. The van der Waals surface area contributed by atoms with Gasteiger partial charge in [0.15, 0.2) is 0 Å². The Kier molecular flexibility index (Phi) is 4.43. The van der Waals surface area contributed by atoms with E-state index in [9.17, 15) is 0 Å². The van der Waals surface area contributed by atoms with E-state index in [2.05, 4.69) is 12.1 Å². The van der Waals surface area contributed by atoms with E-state index >= 15 is 0 Å². The van der Waals surface area contributed by atoms with Crippen LogP contribution in [0.5, 0.6) is 5.75 Å². The maximum Gasteiger partial charge on any atom is 0.118 e. The van der Waals surface area contributed by atoms with Crippen LogP contribution in [-0.4, -0.2) is 18.8 Å². The zero-order valence-corrected chi connectivity index (χ0v) is 10.6. The minimum atomic E-state index is 0.370. The lowest BCUT2D eigenvalue weighted by atomic mass is 9.79. The highest BCUT2D eigenvalue weighted by molar-refractivity contribution is 5.27. The van der Waals surface area contributed by atoms with Crippen molar-refractivity contribution in [2.24, 2.45) is 11.8 Å². The van der Waals surface area contributed by atoms with Gasteiger partial charge in [0.1, 0.15) is 5.75 Å². The van der Waals surface area contributed by atoms with E-state index in [1.807, 2.05) is 12.1 Å². The minimum absolute atomic E-state index is 0.370. The lowest BCUT2D eigenvalue weighted by molar-refractivity contribution is 0.167. The smallest absolute Gasteiger partial charge is 0.118 e. The van der Waals surface area contributed by atoms with Crippen molar-refractivity contribution in [1.29, 1.82) is 0 Å². The maximum absolute atomic E-state index is 9.11. The Morgan fingerprint density at radius 1 is 1.06 bits per heavy atom. The van der Waals surface area contributed by atoms with Gasteiger partial charge < -0.3 is 9.84 Å². The maximum atomic E-state index is 9.11. The highest BCUT2D eigenvalue weighted by atomic mass is 16.5. The highest BCUT2D eigenvalue weighted by Gasteiger charge is 2.20. The average Bonchev–Trinajstić information content (AvgIpc) is 2.40. The van der Waals surface area contributed by atoms with Crippen LogP contribution in [0.4, 0.5) is 0 Å². The quantitative estimate of drug-likeness (QED) is 0.867. The third-order valence-corrected chi connectivity index (χ3v) is 3.91.